The molecule has 0 unspecified atom stereocenters. The molecule has 2 aliphatic rings. The summed E-state index contributed by atoms with van der Waals surface area (Å²) in [7, 11) is 1.45. The smallest absolute Gasteiger partial charge is 0.317 e. The van der Waals surface area contributed by atoms with Gasteiger partial charge in [0.05, 0.1) is 7.11 Å². The van der Waals surface area contributed by atoms with E-state index in [0.29, 0.717) is 18.1 Å². The minimum atomic E-state index is -0.814. The SMILES string of the molecule is COC(=O)[C@]1(c2ccccc2)C[C@H](C)C[C@@H]2CCCC[C@H]1C2=O. The van der Waals surface area contributed by atoms with E-state index in [1.165, 1.54) is 7.11 Å². The van der Waals surface area contributed by atoms with Crippen LogP contribution in [0.25, 0.3) is 0 Å². The number of ether oxygens (including phenoxy) is 1. The van der Waals surface area contributed by atoms with Crippen molar-refractivity contribution in [2.24, 2.45) is 17.8 Å². The number of methoxy groups -OCH3 is 1. The Balaban J connectivity index is 2.18. The molecule has 0 radical (unpaired) electrons. The summed E-state index contributed by atoms with van der Waals surface area (Å²) in [6, 6.07) is 9.83. The van der Waals surface area contributed by atoms with Gasteiger partial charge in [-0.25, -0.2) is 0 Å². The average Bonchev–Trinajstić information content (AvgIpc) is 2.81. The highest BCUT2D eigenvalue weighted by molar-refractivity contribution is 5.95. The van der Waals surface area contributed by atoms with E-state index in [9.17, 15) is 9.59 Å². The highest BCUT2D eigenvalue weighted by Gasteiger charge is 2.55. The molecule has 2 saturated carbocycles. The third-order valence-electron chi connectivity index (χ3n) is 5.83. The largest absolute Gasteiger partial charge is 0.468 e. The Hall–Kier alpha value is -1.64. The molecule has 0 heterocycles. The van der Waals surface area contributed by atoms with Crippen molar-refractivity contribution in [2.75, 3.05) is 7.11 Å². The highest BCUT2D eigenvalue weighted by atomic mass is 16.5. The van der Waals surface area contributed by atoms with E-state index >= 15 is 0 Å². The molecule has 2 aliphatic carbocycles. The molecular formula is C20H26O3. The maximum Gasteiger partial charge on any atom is 0.317 e. The van der Waals surface area contributed by atoms with Crippen molar-refractivity contribution >= 4 is 11.8 Å². The molecule has 1 aromatic carbocycles. The molecule has 0 N–H and O–H groups in total. The van der Waals surface area contributed by atoms with E-state index in [2.05, 4.69) is 6.92 Å². The van der Waals surface area contributed by atoms with Crippen LogP contribution in [0.1, 0.15) is 51.0 Å². The lowest BCUT2D eigenvalue weighted by molar-refractivity contribution is -0.153. The number of Topliss-reactive ketones (excluding diaryl/α,β-unsaturated/α-hetero) is 1. The van der Waals surface area contributed by atoms with E-state index < -0.39 is 5.41 Å². The molecule has 2 bridgehead atoms. The summed E-state index contributed by atoms with van der Waals surface area (Å²) < 4.78 is 5.24. The second-order valence-electron chi connectivity index (χ2n) is 7.31. The van der Waals surface area contributed by atoms with Gasteiger partial charge < -0.3 is 4.74 Å². The monoisotopic (exact) mass is 314 g/mol. The summed E-state index contributed by atoms with van der Waals surface area (Å²) in [5.74, 6) is 0.270. The van der Waals surface area contributed by atoms with E-state index in [-0.39, 0.29) is 17.8 Å². The summed E-state index contributed by atoms with van der Waals surface area (Å²) in [4.78, 5) is 26.2. The van der Waals surface area contributed by atoms with Gasteiger partial charge in [-0.2, -0.15) is 0 Å². The molecule has 124 valence electrons. The predicted octanol–water partition coefficient (Wildman–Crippen LogP) is 3.90. The predicted molar refractivity (Wildman–Crippen MR) is 89.0 cm³/mol. The number of carbonyl (C=O) groups is 2. The molecule has 0 amide bonds. The van der Waals surface area contributed by atoms with Gasteiger partial charge in [-0.05, 0) is 37.2 Å². The zero-order valence-electron chi connectivity index (χ0n) is 14.1. The fourth-order valence-corrected chi connectivity index (χ4v) is 4.87. The van der Waals surface area contributed by atoms with Crippen LogP contribution in [0, 0.1) is 17.8 Å². The molecule has 23 heavy (non-hydrogen) atoms. The Kier molecular flexibility index (Phi) is 4.56. The molecule has 4 atom stereocenters. The number of fused-ring (bicyclic) bond motifs is 2. The standard InChI is InChI=1S/C20H26O3/c1-14-12-15-8-6-7-11-17(18(15)21)20(13-14,19(22)23-2)16-9-4-3-5-10-16/h3-5,9-10,14-15,17H,6-8,11-13H2,1-2H3/t14-,15+,17+,20+/m1/s1. The summed E-state index contributed by atoms with van der Waals surface area (Å²) in [5.41, 5.74) is 0.130. The normalized spacial score (nSPS) is 34.3. The van der Waals surface area contributed by atoms with Crippen LogP contribution in [0.4, 0.5) is 0 Å². The van der Waals surface area contributed by atoms with Crippen molar-refractivity contribution < 1.29 is 14.3 Å². The zero-order chi connectivity index (χ0) is 16.4. The van der Waals surface area contributed by atoms with E-state index in [0.717, 1.165) is 37.7 Å². The van der Waals surface area contributed by atoms with Crippen LogP contribution >= 0.6 is 0 Å². The van der Waals surface area contributed by atoms with Gasteiger partial charge in [0.15, 0.2) is 0 Å². The summed E-state index contributed by atoms with van der Waals surface area (Å²) in [6.45, 7) is 2.17. The molecule has 0 spiro atoms. The van der Waals surface area contributed by atoms with Crippen molar-refractivity contribution in [3.8, 4) is 0 Å². The Morgan fingerprint density at radius 3 is 2.57 bits per heavy atom. The van der Waals surface area contributed by atoms with Gasteiger partial charge in [0, 0.05) is 11.8 Å². The van der Waals surface area contributed by atoms with Crippen LogP contribution in [0.2, 0.25) is 0 Å². The van der Waals surface area contributed by atoms with Gasteiger partial charge in [0.2, 0.25) is 0 Å². The quantitative estimate of drug-likeness (QED) is 0.778. The van der Waals surface area contributed by atoms with E-state index in [1.54, 1.807) is 0 Å². The maximum absolute atomic E-state index is 13.2. The summed E-state index contributed by atoms with van der Waals surface area (Å²) in [6.07, 6.45) is 5.49. The van der Waals surface area contributed by atoms with Crippen LogP contribution in [0.15, 0.2) is 30.3 Å². The number of hydrogen-bond donors (Lipinski definition) is 0. The minimum Gasteiger partial charge on any atom is -0.468 e. The van der Waals surface area contributed by atoms with Crippen molar-refractivity contribution in [2.45, 2.75) is 50.9 Å². The van der Waals surface area contributed by atoms with Gasteiger partial charge in [-0.3, -0.25) is 9.59 Å². The van der Waals surface area contributed by atoms with Crippen LogP contribution in [-0.2, 0) is 19.7 Å². The number of benzene rings is 1. The van der Waals surface area contributed by atoms with Crippen LogP contribution < -0.4 is 0 Å². The fraction of sp³-hybridized carbons (Fsp3) is 0.600. The minimum absolute atomic E-state index is 0.118. The first-order valence-electron chi connectivity index (χ1n) is 8.77. The van der Waals surface area contributed by atoms with Gasteiger partial charge in [-0.1, -0.05) is 50.1 Å². The van der Waals surface area contributed by atoms with E-state index in [1.807, 2.05) is 30.3 Å². The molecule has 0 aromatic heterocycles. The number of ketones is 1. The molecule has 0 aliphatic heterocycles. The van der Waals surface area contributed by atoms with Crippen LogP contribution in [0.3, 0.4) is 0 Å². The Morgan fingerprint density at radius 1 is 1.17 bits per heavy atom. The lowest BCUT2D eigenvalue weighted by Crippen LogP contribution is -2.47. The van der Waals surface area contributed by atoms with Gasteiger partial charge in [0.25, 0.3) is 0 Å². The van der Waals surface area contributed by atoms with Gasteiger partial charge in [0.1, 0.15) is 11.2 Å². The Morgan fingerprint density at radius 2 is 1.87 bits per heavy atom. The molecule has 2 fully saturated rings. The number of rotatable bonds is 2. The topological polar surface area (TPSA) is 43.4 Å². The van der Waals surface area contributed by atoms with Crippen molar-refractivity contribution in [3.63, 3.8) is 0 Å². The van der Waals surface area contributed by atoms with Gasteiger partial charge in [-0.15, -0.1) is 0 Å². The fourth-order valence-electron chi connectivity index (χ4n) is 4.87. The molecule has 1 aromatic rings. The molecule has 0 saturated heterocycles. The number of carbonyl (C=O) groups excluding carboxylic acids is 2. The molecule has 3 heteroatoms. The van der Waals surface area contributed by atoms with E-state index in [4.69, 9.17) is 4.74 Å². The zero-order valence-corrected chi connectivity index (χ0v) is 14.1. The average molecular weight is 314 g/mol. The third kappa shape index (κ3) is 2.71. The van der Waals surface area contributed by atoms with Crippen LogP contribution in [0.5, 0.6) is 0 Å². The van der Waals surface area contributed by atoms with Crippen molar-refractivity contribution in [1.29, 1.82) is 0 Å². The van der Waals surface area contributed by atoms with Crippen molar-refractivity contribution in [1.82, 2.24) is 0 Å². The summed E-state index contributed by atoms with van der Waals surface area (Å²) in [5, 5.41) is 0. The first-order valence-corrected chi connectivity index (χ1v) is 8.77. The summed E-state index contributed by atoms with van der Waals surface area (Å²) >= 11 is 0. The van der Waals surface area contributed by atoms with Gasteiger partial charge >= 0.3 is 5.97 Å². The Labute approximate surface area is 138 Å². The molecular weight excluding hydrogens is 288 g/mol. The second kappa shape index (κ2) is 6.46. The van der Waals surface area contributed by atoms with Crippen LogP contribution in [-0.4, -0.2) is 18.9 Å². The first kappa shape index (κ1) is 16.2. The lowest BCUT2D eigenvalue weighted by atomic mass is 9.64. The maximum atomic E-state index is 13.2. The Bertz CT molecular complexity index is 580. The third-order valence-corrected chi connectivity index (χ3v) is 5.83. The number of esters is 1. The lowest BCUT2D eigenvalue weighted by Gasteiger charge is -2.38. The highest BCUT2D eigenvalue weighted by Crippen LogP contribution is 2.49. The molecule has 3 rings (SSSR count). The first-order chi connectivity index (χ1) is 11.1. The molecule has 3 nitrogen and oxygen atoms in total. The van der Waals surface area contributed by atoms with Crippen molar-refractivity contribution in [3.05, 3.63) is 35.9 Å². The second-order valence-corrected chi connectivity index (χ2v) is 7.31. The number of hydrogen-bond acceptors (Lipinski definition) is 3.